The summed E-state index contributed by atoms with van der Waals surface area (Å²) in [5.41, 5.74) is 3.43. The highest BCUT2D eigenvalue weighted by atomic mass is 16.5. The van der Waals surface area contributed by atoms with Gasteiger partial charge in [-0.3, -0.25) is 4.79 Å². The first-order chi connectivity index (χ1) is 14.5. The third kappa shape index (κ3) is 4.20. The first-order valence-corrected chi connectivity index (χ1v) is 9.89. The molecule has 1 heterocycles. The molecule has 3 aromatic carbocycles. The zero-order chi connectivity index (χ0) is 21.1. The van der Waals surface area contributed by atoms with Crippen molar-refractivity contribution >= 4 is 16.7 Å². The Morgan fingerprint density at radius 3 is 2.57 bits per heavy atom. The van der Waals surface area contributed by atoms with Gasteiger partial charge >= 0.3 is 0 Å². The predicted molar refractivity (Wildman–Crippen MR) is 116 cm³/mol. The topological polar surface area (TPSA) is 55.6 Å². The number of aromatic nitrogens is 1. The zero-order valence-electron chi connectivity index (χ0n) is 17.4. The van der Waals surface area contributed by atoms with Gasteiger partial charge in [-0.2, -0.15) is 0 Å². The van der Waals surface area contributed by atoms with Crippen LogP contribution < -0.4 is 4.74 Å². The Morgan fingerprint density at radius 2 is 1.80 bits per heavy atom. The molecule has 1 amide bonds. The number of rotatable bonds is 6. The number of hydrogen-bond acceptors (Lipinski definition) is 4. The number of ether oxygens (including phenoxy) is 1. The standard InChI is InChI=1S/C25H24N2O3/c1-17-24(18(2)30-26-17)16-29-23-10-6-9-22(14-23)25(28)27(3)15-19-11-12-20-7-4-5-8-21(20)13-19/h4-14H,15-16H2,1-3H3. The van der Waals surface area contributed by atoms with Crippen LogP contribution in [0.5, 0.6) is 5.75 Å². The van der Waals surface area contributed by atoms with Crippen molar-refractivity contribution in [1.29, 1.82) is 0 Å². The maximum atomic E-state index is 13.0. The molecule has 0 radical (unpaired) electrons. The van der Waals surface area contributed by atoms with Crippen molar-refractivity contribution in [2.75, 3.05) is 7.05 Å². The minimum atomic E-state index is -0.0500. The van der Waals surface area contributed by atoms with Crippen LogP contribution in [-0.4, -0.2) is 23.0 Å². The summed E-state index contributed by atoms with van der Waals surface area (Å²) < 4.78 is 11.0. The van der Waals surface area contributed by atoms with E-state index in [1.807, 2.05) is 51.2 Å². The molecule has 0 aliphatic carbocycles. The van der Waals surface area contributed by atoms with Crippen LogP contribution in [0, 0.1) is 13.8 Å². The van der Waals surface area contributed by atoms with Gasteiger partial charge in [-0.1, -0.05) is 47.6 Å². The molecular formula is C25H24N2O3. The SMILES string of the molecule is Cc1noc(C)c1COc1cccc(C(=O)N(C)Cc2ccc3ccccc3c2)c1. The fourth-order valence-electron chi connectivity index (χ4n) is 3.49. The molecule has 30 heavy (non-hydrogen) atoms. The number of benzene rings is 3. The largest absolute Gasteiger partial charge is 0.489 e. The Kier molecular flexibility index (Phi) is 5.53. The molecule has 0 fully saturated rings. The lowest BCUT2D eigenvalue weighted by atomic mass is 10.1. The van der Waals surface area contributed by atoms with E-state index in [2.05, 4.69) is 35.5 Å². The van der Waals surface area contributed by atoms with Crippen LogP contribution in [0.15, 0.2) is 71.3 Å². The van der Waals surface area contributed by atoms with E-state index in [4.69, 9.17) is 9.26 Å². The summed E-state index contributed by atoms with van der Waals surface area (Å²) in [5.74, 6) is 1.33. The molecule has 5 heteroatoms. The van der Waals surface area contributed by atoms with Gasteiger partial charge in [0.1, 0.15) is 18.1 Å². The van der Waals surface area contributed by atoms with E-state index < -0.39 is 0 Å². The van der Waals surface area contributed by atoms with Gasteiger partial charge in [0, 0.05) is 19.2 Å². The molecule has 0 N–H and O–H groups in total. The van der Waals surface area contributed by atoms with E-state index in [0.29, 0.717) is 24.5 Å². The average molecular weight is 400 g/mol. The zero-order valence-corrected chi connectivity index (χ0v) is 17.4. The second-order valence-corrected chi connectivity index (χ2v) is 7.46. The van der Waals surface area contributed by atoms with Crippen molar-refractivity contribution in [1.82, 2.24) is 10.1 Å². The van der Waals surface area contributed by atoms with Crippen molar-refractivity contribution < 1.29 is 14.1 Å². The monoisotopic (exact) mass is 400 g/mol. The number of aryl methyl sites for hydroxylation is 2. The van der Waals surface area contributed by atoms with Crippen molar-refractivity contribution in [3.8, 4) is 5.75 Å². The highest BCUT2D eigenvalue weighted by Gasteiger charge is 2.14. The quantitative estimate of drug-likeness (QED) is 0.441. The molecule has 0 saturated heterocycles. The summed E-state index contributed by atoms with van der Waals surface area (Å²) in [7, 11) is 1.81. The first-order valence-electron chi connectivity index (χ1n) is 9.89. The lowest BCUT2D eigenvalue weighted by Gasteiger charge is -2.18. The maximum Gasteiger partial charge on any atom is 0.254 e. The Labute approximate surface area is 175 Å². The molecule has 4 rings (SSSR count). The van der Waals surface area contributed by atoms with E-state index in [0.717, 1.165) is 22.6 Å². The van der Waals surface area contributed by atoms with Crippen LogP contribution in [-0.2, 0) is 13.2 Å². The minimum absolute atomic E-state index is 0.0500. The van der Waals surface area contributed by atoms with Crippen LogP contribution in [0.4, 0.5) is 0 Å². The summed E-state index contributed by atoms with van der Waals surface area (Å²) in [6, 6.07) is 21.8. The number of carbonyl (C=O) groups excluding carboxylic acids is 1. The van der Waals surface area contributed by atoms with Gasteiger partial charge in [-0.25, -0.2) is 0 Å². The summed E-state index contributed by atoms with van der Waals surface area (Å²) in [5, 5.41) is 6.31. The fraction of sp³-hybridized carbons (Fsp3) is 0.200. The van der Waals surface area contributed by atoms with Crippen LogP contribution in [0.3, 0.4) is 0 Å². The number of fused-ring (bicyclic) bond motifs is 1. The van der Waals surface area contributed by atoms with Crippen molar-refractivity contribution in [2.45, 2.75) is 27.0 Å². The Bertz CT molecular complexity index is 1180. The summed E-state index contributed by atoms with van der Waals surface area (Å²) >= 11 is 0. The third-order valence-corrected chi connectivity index (χ3v) is 5.23. The lowest BCUT2D eigenvalue weighted by Crippen LogP contribution is -2.26. The summed E-state index contributed by atoms with van der Waals surface area (Å²) in [6.07, 6.45) is 0. The second-order valence-electron chi connectivity index (χ2n) is 7.46. The molecule has 152 valence electrons. The van der Waals surface area contributed by atoms with Crippen LogP contribution in [0.25, 0.3) is 10.8 Å². The fourth-order valence-corrected chi connectivity index (χ4v) is 3.49. The number of hydrogen-bond donors (Lipinski definition) is 0. The van der Waals surface area contributed by atoms with Gasteiger partial charge in [0.05, 0.1) is 11.3 Å². The molecular weight excluding hydrogens is 376 g/mol. The van der Waals surface area contributed by atoms with Crippen LogP contribution in [0.1, 0.15) is 32.9 Å². The predicted octanol–water partition coefficient (Wildman–Crippen LogP) is 5.30. The van der Waals surface area contributed by atoms with Gasteiger partial charge in [0.15, 0.2) is 0 Å². The van der Waals surface area contributed by atoms with E-state index in [1.54, 1.807) is 11.0 Å². The number of carbonyl (C=O) groups is 1. The van der Waals surface area contributed by atoms with E-state index in [9.17, 15) is 4.79 Å². The van der Waals surface area contributed by atoms with E-state index in [1.165, 1.54) is 10.8 Å². The van der Waals surface area contributed by atoms with Gasteiger partial charge in [-0.15, -0.1) is 0 Å². The highest BCUT2D eigenvalue weighted by Crippen LogP contribution is 2.21. The molecule has 1 aromatic heterocycles. The molecule has 0 bridgehead atoms. The normalized spacial score (nSPS) is 10.9. The van der Waals surface area contributed by atoms with Gasteiger partial charge in [0.2, 0.25) is 0 Å². The first kappa shape index (κ1) is 19.7. The minimum Gasteiger partial charge on any atom is -0.489 e. The Morgan fingerprint density at radius 1 is 1.00 bits per heavy atom. The second kappa shape index (κ2) is 8.41. The molecule has 0 aliphatic rings. The lowest BCUT2D eigenvalue weighted by molar-refractivity contribution is 0.0784. The van der Waals surface area contributed by atoms with E-state index in [-0.39, 0.29) is 5.91 Å². The van der Waals surface area contributed by atoms with Crippen LogP contribution in [0.2, 0.25) is 0 Å². The number of amides is 1. The van der Waals surface area contributed by atoms with Crippen LogP contribution >= 0.6 is 0 Å². The van der Waals surface area contributed by atoms with Gasteiger partial charge in [-0.05, 0) is 54.4 Å². The van der Waals surface area contributed by atoms with Crippen molar-refractivity contribution in [3.05, 3.63) is 94.9 Å². The third-order valence-electron chi connectivity index (χ3n) is 5.23. The van der Waals surface area contributed by atoms with Crippen molar-refractivity contribution in [2.24, 2.45) is 0 Å². The van der Waals surface area contributed by atoms with E-state index >= 15 is 0 Å². The molecule has 0 unspecified atom stereocenters. The maximum absolute atomic E-state index is 13.0. The molecule has 0 aliphatic heterocycles. The molecule has 0 atom stereocenters. The smallest absolute Gasteiger partial charge is 0.254 e. The van der Waals surface area contributed by atoms with Crippen molar-refractivity contribution in [3.63, 3.8) is 0 Å². The van der Waals surface area contributed by atoms with Gasteiger partial charge < -0.3 is 14.2 Å². The summed E-state index contributed by atoms with van der Waals surface area (Å²) in [4.78, 5) is 14.7. The highest BCUT2D eigenvalue weighted by molar-refractivity contribution is 5.94. The number of nitrogens with zero attached hydrogens (tertiary/aromatic N) is 2. The summed E-state index contributed by atoms with van der Waals surface area (Å²) in [6.45, 7) is 4.64. The Balaban J connectivity index is 1.45. The molecule has 4 aromatic rings. The molecule has 5 nitrogen and oxygen atoms in total. The Hall–Kier alpha value is -3.60. The van der Waals surface area contributed by atoms with Gasteiger partial charge in [0.25, 0.3) is 5.91 Å². The molecule has 0 saturated carbocycles. The molecule has 0 spiro atoms. The average Bonchev–Trinajstić information content (AvgIpc) is 3.09.